The van der Waals surface area contributed by atoms with E-state index in [4.69, 9.17) is 61.6 Å². The Morgan fingerprint density at radius 2 is 1.06 bits per heavy atom. The van der Waals surface area contributed by atoms with Gasteiger partial charge in [-0.05, 0) is 59.8 Å². The van der Waals surface area contributed by atoms with E-state index in [-0.39, 0.29) is 18.9 Å². The van der Waals surface area contributed by atoms with Crippen molar-refractivity contribution in [3.63, 3.8) is 0 Å². The van der Waals surface area contributed by atoms with E-state index in [0.29, 0.717) is 38.5 Å². The van der Waals surface area contributed by atoms with Crippen molar-refractivity contribution >= 4 is 17.9 Å². The van der Waals surface area contributed by atoms with Gasteiger partial charge in [-0.2, -0.15) is 0 Å². The lowest BCUT2D eigenvalue weighted by Gasteiger charge is -2.51. The summed E-state index contributed by atoms with van der Waals surface area (Å²) < 4.78 is 81.9. The standard InChI is InChI=1S/C61H106O25/c1-9-12-14-15-17-21-26-30-40(64)81-55-54(86-58-46(70)43(67)42(66)38(31-62)79-58)51(84-57-47(71)45(69)49(34(6)75-57)82-56(73)32(4)11-3)36(8)77-61(55)83-50-35(7)76-60-53(48(50)72)80-39(63)29-25-22-19-16-18-20-24-28-37(27-23-13-10-2)78-59-52(85-60)44(68)41(65)33(5)74-59/h32-38,41-55,57-62,65-72H,9-31H2,1-8H3/t32-,33+,34+,35+,36+,37-,38+,41+,42+,43-,44+,45+,46+,47+,48-,49+,50+,51+,52+,53-,54-,55+,57-,58-,59+,60-,61-/m1/s1. The van der Waals surface area contributed by atoms with E-state index < -0.39 is 184 Å². The monoisotopic (exact) mass is 1240 g/mol. The van der Waals surface area contributed by atoms with Crippen LogP contribution in [0.5, 0.6) is 0 Å². The topological polar surface area (TPSA) is 353 Å². The summed E-state index contributed by atoms with van der Waals surface area (Å²) in [5.41, 5.74) is 0. The maximum absolute atomic E-state index is 14.3. The lowest BCUT2D eigenvalue weighted by atomic mass is 9.95. The first-order valence-electron chi connectivity index (χ1n) is 32.3. The van der Waals surface area contributed by atoms with E-state index in [1.165, 1.54) is 20.8 Å². The number of fused-ring (bicyclic) bond motifs is 2. The Kier molecular flexibility index (Phi) is 30.5. The van der Waals surface area contributed by atoms with Crippen LogP contribution in [0.25, 0.3) is 0 Å². The first kappa shape index (κ1) is 72.7. The van der Waals surface area contributed by atoms with Crippen molar-refractivity contribution in [2.75, 3.05) is 6.61 Å². The van der Waals surface area contributed by atoms with Gasteiger partial charge in [0.1, 0.15) is 79.4 Å². The van der Waals surface area contributed by atoms with E-state index in [1.807, 2.05) is 0 Å². The van der Waals surface area contributed by atoms with Gasteiger partial charge in [-0.3, -0.25) is 14.4 Å². The maximum Gasteiger partial charge on any atom is 0.309 e. The van der Waals surface area contributed by atoms with Crippen LogP contribution >= 0.6 is 0 Å². The second kappa shape index (κ2) is 36.0. The zero-order valence-corrected chi connectivity index (χ0v) is 51.9. The summed E-state index contributed by atoms with van der Waals surface area (Å²) in [6, 6.07) is 0. The highest BCUT2D eigenvalue weighted by atomic mass is 16.8. The summed E-state index contributed by atoms with van der Waals surface area (Å²) in [6.07, 6.45) is -23.4. The summed E-state index contributed by atoms with van der Waals surface area (Å²) in [6.45, 7) is 12.9. The average Bonchev–Trinajstić information content (AvgIpc) is 0.936. The largest absolute Gasteiger partial charge is 0.457 e. The first-order chi connectivity index (χ1) is 41.1. The van der Waals surface area contributed by atoms with Crippen molar-refractivity contribution in [2.45, 2.75) is 356 Å². The van der Waals surface area contributed by atoms with Crippen LogP contribution in [0.3, 0.4) is 0 Å². The summed E-state index contributed by atoms with van der Waals surface area (Å²) in [5.74, 6) is -2.66. The number of carbonyl (C=O) groups is 3. The van der Waals surface area contributed by atoms with Gasteiger partial charge in [-0.1, -0.05) is 124 Å². The molecule has 6 saturated heterocycles. The van der Waals surface area contributed by atoms with Crippen LogP contribution in [0.15, 0.2) is 0 Å². The molecule has 0 saturated carbocycles. The molecule has 0 amide bonds. The normalized spacial score (nSPS) is 42.0. The molecule has 6 aliphatic heterocycles. The van der Waals surface area contributed by atoms with E-state index in [2.05, 4.69) is 13.8 Å². The smallest absolute Gasteiger partial charge is 0.309 e. The molecule has 6 aliphatic rings. The minimum absolute atomic E-state index is 0.0367. The molecule has 25 heteroatoms. The molecule has 6 rings (SSSR count). The third-order valence-corrected chi connectivity index (χ3v) is 17.7. The number of unbranched alkanes of at least 4 members (excludes halogenated alkanes) is 8. The van der Waals surface area contributed by atoms with Gasteiger partial charge in [0, 0.05) is 12.8 Å². The molecular weight excluding hydrogens is 1130 g/mol. The molecule has 0 radical (unpaired) electrons. The van der Waals surface area contributed by atoms with Crippen molar-refractivity contribution < 1.29 is 122 Å². The predicted octanol–water partition coefficient (Wildman–Crippen LogP) is 3.52. The second-order valence-corrected chi connectivity index (χ2v) is 24.6. The lowest BCUT2D eigenvalue weighted by molar-refractivity contribution is -0.400. The number of ether oxygens (including phenoxy) is 13. The molecule has 0 bridgehead atoms. The molecule has 27 atom stereocenters. The van der Waals surface area contributed by atoms with Crippen LogP contribution < -0.4 is 0 Å². The fourth-order valence-electron chi connectivity index (χ4n) is 12.0. The number of carbonyl (C=O) groups excluding carboxylic acids is 3. The van der Waals surface area contributed by atoms with Gasteiger partial charge in [-0.25, -0.2) is 0 Å². The van der Waals surface area contributed by atoms with E-state index in [0.717, 1.165) is 89.9 Å². The van der Waals surface area contributed by atoms with Gasteiger partial charge in [0.15, 0.2) is 49.8 Å². The van der Waals surface area contributed by atoms with Crippen molar-refractivity contribution in [2.24, 2.45) is 5.92 Å². The van der Waals surface area contributed by atoms with Gasteiger partial charge in [-0.15, -0.1) is 0 Å². The molecule has 0 aromatic carbocycles. The summed E-state index contributed by atoms with van der Waals surface area (Å²) in [7, 11) is 0. The first-order valence-corrected chi connectivity index (χ1v) is 32.3. The zero-order valence-electron chi connectivity index (χ0n) is 51.9. The number of aliphatic hydroxyl groups is 9. The number of esters is 3. The molecule has 6 heterocycles. The summed E-state index contributed by atoms with van der Waals surface area (Å²) in [4.78, 5) is 41.0. The average molecular weight is 1240 g/mol. The minimum Gasteiger partial charge on any atom is -0.457 e. The molecule has 0 aromatic rings. The van der Waals surface area contributed by atoms with Gasteiger partial charge in [0.2, 0.25) is 0 Å². The predicted molar refractivity (Wildman–Crippen MR) is 303 cm³/mol. The minimum atomic E-state index is -2.01. The Hall–Kier alpha value is -2.35. The van der Waals surface area contributed by atoms with Gasteiger partial charge < -0.3 is 108 Å². The SMILES string of the molecule is CCCCCCCCCC(=O)O[C@@H]1[C@@H](O[C@@H]2[C@@H](O)[C@H]3OC(=O)CCCCCCCCC[C@@H](CCCCC)O[C@@H]4O[C@@H](C)[C@H](O)[C@H](O)[C@@H]4O[C@H]3O[C@H]2C)O[C@@H](C)[C@H](O[C@H]2O[C@@H](C)[C@H](OC(=O)[C@H](C)CC)[C@@H](O)[C@@H]2O)[C@H]1O[C@H]1O[C@@H](CO)[C@H](O)[C@@H](O)[C@@H]1O. The fourth-order valence-corrected chi connectivity index (χ4v) is 12.0. The number of rotatable bonds is 23. The van der Waals surface area contributed by atoms with Crippen LogP contribution in [0.4, 0.5) is 0 Å². The molecule has 86 heavy (non-hydrogen) atoms. The van der Waals surface area contributed by atoms with Crippen LogP contribution in [-0.4, -0.2) is 230 Å². The fraction of sp³-hybridized carbons (Fsp3) is 0.951. The van der Waals surface area contributed by atoms with Crippen molar-refractivity contribution in [3.8, 4) is 0 Å². The molecule has 9 N–H and O–H groups in total. The summed E-state index contributed by atoms with van der Waals surface area (Å²) in [5, 5.41) is 102. The lowest BCUT2D eigenvalue weighted by Crippen LogP contribution is -2.68. The number of hydrogen-bond donors (Lipinski definition) is 9. The third kappa shape index (κ3) is 19.8. The van der Waals surface area contributed by atoms with E-state index in [9.17, 15) is 60.3 Å². The second-order valence-electron chi connectivity index (χ2n) is 24.6. The quantitative estimate of drug-likeness (QED) is 0.0401. The van der Waals surface area contributed by atoms with Crippen molar-refractivity contribution in [3.05, 3.63) is 0 Å². The van der Waals surface area contributed by atoms with Gasteiger partial charge in [0.25, 0.3) is 0 Å². The summed E-state index contributed by atoms with van der Waals surface area (Å²) >= 11 is 0. The van der Waals surface area contributed by atoms with Crippen LogP contribution in [0, 0.1) is 5.92 Å². The van der Waals surface area contributed by atoms with Crippen LogP contribution in [-0.2, 0) is 76.0 Å². The highest BCUT2D eigenvalue weighted by molar-refractivity contribution is 5.72. The Labute approximate surface area is 507 Å². The molecular formula is C61H106O25. The molecule has 0 aliphatic carbocycles. The Morgan fingerprint density at radius 3 is 1.74 bits per heavy atom. The molecule has 0 spiro atoms. The molecule has 25 nitrogen and oxygen atoms in total. The third-order valence-electron chi connectivity index (χ3n) is 17.7. The Bertz CT molecular complexity index is 1970. The van der Waals surface area contributed by atoms with Crippen molar-refractivity contribution in [1.82, 2.24) is 0 Å². The van der Waals surface area contributed by atoms with E-state index in [1.54, 1.807) is 20.8 Å². The molecule has 0 aromatic heterocycles. The number of aliphatic hydroxyl groups excluding tert-OH is 9. The molecule has 500 valence electrons. The zero-order chi connectivity index (χ0) is 62.8. The highest BCUT2D eigenvalue weighted by Crippen LogP contribution is 2.39. The van der Waals surface area contributed by atoms with Gasteiger partial charge >= 0.3 is 17.9 Å². The van der Waals surface area contributed by atoms with Crippen LogP contribution in [0.1, 0.15) is 197 Å². The van der Waals surface area contributed by atoms with Gasteiger partial charge in [0.05, 0.1) is 43.0 Å². The maximum atomic E-state index is 14.3. The molecule has 6 fully saturated rings. The Balaban J connectivity index is 1.36. The number of hydrogen-bond acceptors (Lipinski definition) is 25. The highest BCUT2D eigenvalue weighted by Gasteiger charge is 2.59. The van der Waals surface area contributed by atoms with E-state index >= 15 is 0 Å². The molecule has 0 unspecified atom stereocenters. The Morgan fingerprint density at radius 1 is 0.500 bits per heavy atom. The van der Waals surface area contributed by atoms with Crippen LogP contribution in [0.2, 0.25) is 0 Å². The van der Waals surface area contributed by atoms with Crippen molar-refractivity contribution in [1.29, 1.82) is 0 Å².